The lowest BCUT2D eigenvalue weighted by molar-refractivity contribution is -0.134. The van der Waals surface area contributed by atoms with Crippen molar-refractivity contribution in [1.82, 2.24) is 15.1 Å². The molecule has 2 aliphatic rings. The molecule has 2 heterocycles. The van der Waals surface area contributed by atoms with Gasteiger partial charge in [0.1, 0.15) is 0 Å². The number of nitrogens with zero attached hydrogens (tertiary/aromatic N) is 2. The molecule has 2 amide bonds. The van der Waals surface area contributed by atoms with Crippen LogP contribution in [0.1, 0.15) is 52.9 Å². The van der Waals surface area contributed by atoms with Crippen molar-refractivity contribution in [3.63, 3.8) is 0 Å². The Bertz CT molecular complexity index is 376. The summed E-state index contributed by atoms with van der Waals surface area (Å²) in [7, 11) is 0. The van der Waals surface area contributed by atoms with Gasteiger partial charge >= 0.3 is 0 Å². The molecule has 1 N–H and O–H groups in total. The fourth-order valence-electron chi connectivity index (χ4n) is 3.57. The van der Waals surface area contributed by atoms with E-state index >= 15 is 0 Å². The Labute approximate surface area is 128 Å². The van der Waals surface area contributed by atoms with E-state index in [0.29, 0.717) is 25.0 Å². The number of nitrogens with one attached hydrogen (secondary N) is 1. The van der Waals surface area contributed by atoms with Crippen LogP contribution in [0.25, 0.3) is 0 Å². The van der Waals surface area contributed by atoms with Gasteiger partial charge in [0.2, 0.25) is 11.8 Å². The van der Waals surface area contributed by atoms with Gasteiger partial charge in [0.05, 0.1) is 6.54 Å². The van der Waals surface area contributed by atoms with E-state index in [9.17, 15) is 9.59 Å². The lowest BCUT2D eigenvalue weighted by atomic mass is 9.98. The third-order valence-corrected chi connectivity index (χ3v) is 5.01. The van der Waals surface area contributed by atoms with E-state index in [1.165, 1.54) is 19.3 Å². The molecule has 2 fully saturated rings. The molecule has 0 radical (unpaired) electrons. The molecule has 2 rings (SSSR count). The summed E-state index contributed by atoms with van der Waals surface area (Å²) in [5.41, 5.74) is 0. The summed E-state index contributed by atoms with van der Waals surface area (Å²) in [6.45, 7) is 8.33. The molecule has 3 atom stereocenters. The van der Waals surface area contributed by atoms with Gasteiger partial charge in [-0.25, -0.2) is 0 Å². The first kappa shape index (κ1) is 16.3. The highest BCUT2D eigenvalue weighted by atomic mass is 16.2. The van der Waals surface area contributed by atoms with E-state index in [1.54, 1.807) is 4.90 Å². The van der Waals surface area contributed by atoms with Crippen LogP contribution in [0.3, 0.4) is 0 Å². The van der Waals surface area contributed by atoms with Crippen LogP contribution < -0.4 is 5.32 Å². The average molecular weight is 295 g/mol. The molecule has 0 spiro atoms. The quantitative estimate of drug-likeness (QED) is 0.833. The minimum Gasteiger partial charge on any atom is -0.353 e. The van der Waals surface area contributed by atoms with Crippen molar-refractivity contribution in [1.29, 1.82) is 0 Å². The van der Waals surface area contributed by atoms with Crippen LogP contribution in [-0.2, 0) is 9.59 Å². The first-order valence-electron chi connectivity index (χ1n) is 8.31. The number of likely N-dealkylation sites (tertiary alicyclic amines) is 2. The average Bonchev–Trinajstić information content (AvgIpc) is 2.74. The second-order valence-electron chi connectivity index (χ2n) is 6.63. The Balaban J connectivity index is 1.70. The number of carbonyl (C=O) groups is 2. The van der Waals surface area contributed by atoms with Crippen LogP contribution in [-0.4, -0.2) is 59.4 Å². The molecule has 0 saturated carbocycles. The van der Waals surface area contributed by atoms with Gasteiger partial charge in [-0.2, -0.15) is 0 Å². The van der Waals surface area contributed by atoms with Crippen molar-refractivity contribution >= 4 is 11.8 Å². The molecule has 21 heavy (non-hydrogen) atoms. The number of hydrogen-bond acceptors (Lipinski definition) is 3. The first-order chi connectivity index (χ1) is 9.99. The number of piperidine rings is 1. The molecule has 0 unspecified atom stereocenters. The van der Waals surface area contributed by atoms with E-state index in [1.807, 2.05) is 6.92 Å². The van der Waals surface area contributed by atoms with Gasteiger partial charge in [-0.05, 0) is 40.0 Å². The van der Waals surface area contributed by atoms with E-state index in [-0.39, 0.29) is 24.4 Å². The molecule has 120 valence electrons. The standard InChI is InChI=1S/C16H29N3O2/c1-12-5-4-6-13(2)18(12)10-9-17-15(20)11-19-14(3)7-8-16(19)21/h12-14H,4-11H2,1-3H3,(H,17,20)/t12-,13+,14-/m0/s1. The highest BCUT2D eigenvalue weighted by Crippen LogP contribution is 2.21. The number of rotatable bonds is 5. The summed E-state index contributed by atoms with van der Waals surface area (Å²) in [5, 5.41) is 2.96. The summed E-state index contributed by atoms with van der Waals surface area (Å²) < 4.78 is 0. The molecule has 0 aromatic carbocycles. The van der Waals surface area contributed by atoms with Crippen LogP contribution >= 0.6 is 0 Å². The second kappa shape index (κ2) is 7.25. The Morgan fingerprint density at radius 1 is 1.14 bits per heavy atom. The SMILES string of the molecule is C[C@@H]1CCC[C@H](C)N1CCNC(=O)CN1C(=O)CC[C@@H]1C. The number of carbonyl (C=O) groups excluding carboxylic acids is 2. The Morgan fingerprint density at radius 2 is 1.81 bits per heavy atom. The van der Waals surface area contributed by atoms with Gasteiger partial charge in [0.15, 0.2) is 0 Å². The number of amides is 2. The summed E-state index contributed by atoms with van der Waals surface area (Å²) in [6.07, 6.45) is 5.25. The molecule has 5 heteroatoms. The third kappa shape index (κ3) is 4.19. The zero-order valence-electron chi connectivity index (χ0n) is 13.6. The third-order valence-electron chi connectivity index (χ3n) is 5.01. The van der Waals surface area contributed by atoms with Gasteiger partial charge in [-0.15, -0.1) is 0 Å². The molecular weight excluding hydrogens is 266 g/mol. The highest BCUT2D eigenvalue weighted by Gasteiger charge is 2.29. The maximum Gasteiger partial charge on any atom is 0.239 e. The van der Waals surface area contributed by atoms with Crippen LogP contribution in [0.2, 0.25) is 0 Å². The number of hydrogen-bond donors (Lipinski definition) is 1. The zero-order chi connectivity index (χ0) is 15.4. The summed E-state index contributed by atoms with van der Waals surface area (Å²) >= 11 is 0. The predicted octanol–water partition coefficient (Wildman–Crippen LogP) is 1.38. The predicted molar refractivity (Wildman–Crippen MR) is 82.9 cm³/mol. The van der Waals surface area contributed by atoms with Crippen LogP contribution in [0.15, 0.2) is 0 Å². The Kier molecular flexibility index (Phi) is 5.62. The van der Waals surface area contributed by atoms with Gasteiger partial charge in [-0.3, -0.25) is 14.5 Å². The van der Waals surface area contributed by atoms with E-state index in [4.69, 9.17) is 0 Å². The Hall–Kier alpha value is -1.10. The van der Waals surface area contributed by atoms with Gasteiger partial charge in [0.25, 0.3) is 0 Å². The minimum absolute atomic E-state index is 0.0329. The second-order valence-corrected chi connectivity index (χ2v) is 6.63. The van der Waals surface area contributed by atoms with Crippen molar-refractivity contribution in [2.24, 2.45) is 0 Å². The lowest BCUT2D eigenvalue weighted by Gasteiger charge is -2.39. The molecule has 0 bridgehead atoms. The monoisotopic (exact) mass is 295 g/mol. The highest BCUT2D eigenvalue weighted by molar-refractivity contribution is 5.86. The summed E-state index contributed by atoms with van der Waals surface area (Å²) in [6, 6.07) is 1.40. The largest absolute Gasteiger partial charge is 0.353 e. The summed E-state index contributed by atoms with van der Waals surface area (Å²) in [5.74, 6) is 0.0744. The Morgan fingerprint density at radius 3 is 2.38 bits per heavy atom. The van der Waals surface area contributed by atoms with Crippen molar-refractivity contribution < 1.29 is 9.59 Å². The molecule has 0 aliphatic carbocycles. The van der Waals surface area contributed by atoms with Crippen molar-refractivity contribution in [3.05, 3.63) is 0 Å². The molecule has 2 aliphatic heterocycles. The van der Waals surface area contributed by atoms with Crippen LogP contribution in [0, 0.1) is 0 Å². The topological polar surface area (TPSA) is 52.7 Å². The normalized spacial score (nSPS) is 30.7. The maximum atomic E-state index is 12.0. The van der Waals surface area contributed by atoms with Gasteiger partial charge in [0, 0.05) is 37.6 Å². The first-order valence-corrected chi connectivity index (χ1v) is 8.31. The van der Waals surface area contributed by atoms with Crippen LogP contribution in [0.4, 0.5) is 0 Å². The zero-order valence-corrected chi connectivity index (χ0v) is 13.6. The lowest BCUT2D eigenvalue weighted by Crippen LogP contribution is -2.48. The van der Waals surface area contributed by atoms with Gasteiger partial charge < -0.3 is 10.2 Å². The summed E-state index contributed by atoms with van der Waals surface area (Å²) in [4.78, 5) is 27.8. The molecule has 0 aromatic heterocycles. The molecule has 0 aromatic rings. The molecule has 2 saturated heterocycles. The van der Waals surface area contributed by atoms with Crippen molar-refractivity contribution in [3.8, 4) is 0 Å². The van der Waals surface area contributed by atoms with E-state index < -0.39 is 0 Å². The minimum atomic E-state index is -0.0329. The van der Waals surface area contributed by atoms with Crippen molar-refractivity contribution in [2.45, 2.75) is 71.0 Å². The van der Waals surface area contributed by atoms with E-state index in [2.05, 4.69) is 24.1 Å². The molecule has 5 nitrogen and oxygen atoms in total. The van der Waals surface area contributed by atoms with Gasteiger partial charge in [-0.1, -0.05) is 6.42 Å². The fraction of sp³-hybridized carbons (Fsp3) is 0.875. The maximum absolute atomic E-state index is 12.0. The fourth-order valence-corrected chi connectivity index (χ4v) is 3.57. The smallest absolute Gasteiger partial charge is 0.239 e. The van der Waals surface area contributed by atoms with Crippen molar-refractivity contribution in [2.75, 3.05) is 19.6 Å². The molecular formula is C16H29N3O2. The van der Waals surface area contributed by atoms with E-state index in [0.717, 1.165) is 13.0 Å². The van der Waals surface area contributed by atoms with Crippen LogP contribution in [0.5, 0.6) is 0 Å².